The molecule has 0 spiro atoms. The summed E-state index contributed by atoms with van der Waals surface area (Å²) < 4.78 is 0. The van der Waals surface area contributed by atoms with Crippen molar-refractivity contribution in [3.8, 4) is 11.3 Å². The molecule has 0 fully saturated rings. The number of benzene rings is 1. The predicted octanol–water partition coefficient (Wildman–Crippen LogP) is 4.56. The van der Waals surface area contributed by atoms with Crippen LogP contribution in [0.3, 0.4) is 0 Å². The number of nitrogens with one attached hydrogen (secondary N) is 1. The topological polar surface area (TPSA) is 80.9 Å². The maximum atomic E-state index is 12.6. The molecule has 0 atom stereocenters. The molecule has 3 heterocycles. The number of thiazole rings is 1. The largest absolute Gasteiger partial charge is 0.397 e. The van der Waals surface area contributed by atoms with Gasteiger partial charge in [-0.05, 0) is 19.1 Å². The lowest BCUT2D eigenvalue weighted by Crippen LogP contribution is -2.11. The molecule has 4 aromatic rings. The van der Waals surface area contributed by atoms with Crippen molar-refractivity contribution in [2.24, 2.45) is 0 Å². The molecule has 3 aromatic heterocycles. The van der Waals surface area contributed by atoms with Gasteiger partial charge in [-0.25, -0.2) is 9.97 Å². The van der Waals surface area contributed by atoms with E-state index < -0.39 is 0 Å². The number of carbonyl (C=O) groups is 1. The first-order chi connectivity index (χ1) is 12.1. The van der Waals surface area contributed by atoms with E-state index in [1.54, 1.807) is 0 Å². The van der Waals surface area contributed by atoms with E-state index in [9.17, 15) is 4.79 Å². The molecule has 0 aliphatic heterocycles. The Balaban J connectivity index is 1.60. The van der Waals surface area contributed by atoms with Gasteiger partial charge in [0.15, 0.2) is 5.13 Å². The molecule has 0 saturated heterocycles. The van der Waals surface area contributed by atoms with Crippen LogP contribution in [-0.2, 0) is 0 Å². The van der Waals surface area contributed by atoms with Crippen LogP contribution in [0, 0.1) is 6.92 Å². The smallest absolute Gasteiger partial charge is 0.269 e. The highest BCUT2D eigenvalue weighted by atomic mass is 32.1. The highest BCUT2D eigenvalue weighted by Gasteiger charge is 2.18. The third-order valence-electron chi connectivity index (χ3n) is 3.73. The zero-order valence-electron chi connectivity index (χ0n) is 13.3. The average molecular weight is 366 g/mol. The number of nitrogens with zero attached hydrogens (tertiary/aromatic N) is 2. The van der Waals surface area contributed by atoms with Crippen LogP contribution < -0.4 is 11.1 Å². The third-order valence-corrected chi connectivity index (χ3v) is 5.61. The van der Waals surface area contributed by atoms with Crippen LogP contribution >= 0.6 is 22.7 Å². The Hall–Kier alpha value is -2.77. The lowest BCUT2D eigenvalue weighted by atomic mass is 10.2. The molecular formula is C18H14N4OS2. The quantitative estimate of drug-likeness (QED) is 0.557. The maximum Gasteiger partial charge on any atom is 0.269 e. The summed E-state index contributed by atoms with van der Waals surface area (Å²) in [6, 6.07) is 13.6. The van der Waals surface area contributed by atoms with E-state index in [0.717, 1.165) is 27.2 Å². The fourth-order valence-corrected chi connectivity index (χ4v) is 4.23. The fourth-order valence-electron chi connectivity index (χ4n) is 2.48. The Labute approximate surface area is 152 Å². The number of amides is 1. The van der Waals surface area contributed by atoms with Gasteiger partial charge in [-0.15, -0.1) is 22.7 Å². The van der Waals surface area contributed by atoms with Crippen molar-refractivity contribution in [1.29, 1.82) is 0 Å². The van der Waals surface area contributed by atoms with Gasteiger partial charge in [-0.1, -0.05) is 30.3 Å². The van der Waals surface area contributed by atoms with Crippen molar-refractivity contribution >= 4 is 49.6 Å². The van der Waals surface area contributed by atoms with Crippen molar-refractivity contribution in [3.05, 3.63) is 58.4 Å². The Kier molecular flexibility index (Phi) is 3.95. The van der Waals surface area contributed by atoms with Crippen LogP contribution in [0.15, 0.2) is 47.8 Å². The molecular weight excluding hydrogens is 352 g/mol. The minimum atomic E-state index is -0.257. The van der Waals surface area contributed by atoms with E-state index in [-0.39, 0.29) is 5.91 Å². The summed E-state index contributed by atoms with van der Waals surface area (Å²) >= 11 is 2.68. The first kappa shape index (κ1) is 15.7. The molecule has 4 rings (SSSR count). The maximum absolute atomic E-state index is 12.6. The molecule has 25 heavy (non-hydrogen) atoms. The number of nitrogens with two attached hydrogens (primary N) is 1. The monoisotopic (exact) mass is 366 g/mol. The van der Waals surface area contributed by atoms with Crippen LogP contribution in [0.1, 0.15) is 15.4 Å². The Morgan fingerprint density at radius 2 is 1.92 bits per heavy atom. The summed E-state index contributed by atoms with van der Waals surface area (Å²) in [5.41, 5.74) is 9.34. The lowest BCUT2D eigenvalue weighted by molar-refractivity contribution is 0.103. The molecule has 7 heteroatoms. The summed E-state index contributed by atoms with van der Waals surface area (Å²) in [5, 5.41) is 6.11. The van der Waals surface area contributed by atoms with Crippen LogP contribution in [-0.4, -0.2) is 15.9 Å². The molecule has 0 radical (unpaired) electrons. The van der Waals surface area contributed by atoms with Gasteiger partial charge in [0.05, 0.1) is 11.4 Å². The molecule has 3 N–H and O–H groups in total. The number of aromatic nitrogens is 2. The normalized spacial score (nSPS) is 10.9. The highest BCUT2D eigenvalue weighted by molar-refractivity contribution is 7.21. The molecule has 0 aliphatic rings. The third kappa shape index (κ3) is 2.99. The van der Waals surface area contributed by atoms with Gasteiger partial charge in [-0.2, -0.15) is 0 Å². The first-order valence-electron chi connectivity index (χ1n) is 7.60. The number of nitrogen functional groups attached to an aromatic ring is 1. The fraction of sp³-hybridized carbons (Fsp3) is 0.0556. The van der Waals surface area contributed by atoms with Gasteiger partial charge in [-0.3, -0.25) is 10.1 Å². The standard InChI is InChI=1S/C18H14N4OS2/c1-10-7-8-12-14(19)15(25-17(12)20-10)16(23)22-18-21-13(9-24-18)11-5-3-2-4-6-11/h2-9H,19H2,1H3,(H,21,22,23). The first-order valence-corrected chi connectivity index (χ1v) is 9.29. The van der Waals surface area contributed by atoms with Crippen molar-refractivity contribution in [1.82, 2.24) is 9.97 Å². The van der Waals surface area contributed by atoms with Crippen LogP contribution in [0.4, 0.5) is 10.8 Å². The van der Waals surface area contributed by atoms with E-state index in [4.69, 9.17) is 5.73 Å². The number of carbonyl (C=O) groups excluding carboxylic acids is 1. The molecule has 0 saturated carbocycles. The van der Waals surface area contributed by atoms with Gasteiger partial charge in [0, 0.05) is 22.0 Å². The number of rotatable bonds is 3. The molecule has 124 valence electrons. The van der Waals surface area contributed by atoms with Gasteiger partial charge < -0.3 is 5.73 Å². The number of hydrogen-bond acceptors (Lipinski definition) is 6. The number of thiophene rings is 1. The van der Waals surface area contributed by atoms with E-state index in [0.29, 0.717) is 15.7 Å². The number of fused-ring (bicyclic) bond motifs is 1. The molecule has 1 amide bonds. The van der Waals surface area contributed by atoms with E-state index in [2.05, 4.69) is 15.3 Å². The Bertz CT molecular complexity index is 1070. The molecule has 0 bridgehead atoms. The predicted molar refractivity (Wildman–Crippen MR) is 104 cm³/mol. The van der Waals surface area contributed by atoms with Gasteiger partial charge in [0.1, 0.15) is 9.71 Å². The zero-order chi connectivity index (χ0) is 17.4. The van der Waals surface area contributed by atoms with Crippen LogP contribution in [0.25, 0.3) is 21.5 Å². The van der Waals surface area contributed by atoms with E-state index in [1.807, 2.05) is 54.8 Å². The summed E-state index contributed by atoms with van der Waals surface area (Å²) in [6.07, 6.45) is 0. The SMILES string of the molecule is Cc1ccc2c(N)c(C(=O)Nc3nc(-c4ccccc4)cs3)sc2n1. The summed E-state index contributed by atoms with van der Waals surface area (Å²) in [5.74, 6) is -0.257. The summed E-state index contributed by atoms with van der Waals surface area (Å²) in [6.45, 7) is 1.91. The summed E-state index contributed by atoms with van der Waals surface area (Å²) in [7, 11) is 0. The number of hydrogen-bond donors (Lipinski definition) is 2. The average Bonchev–Trinajstić information content (AvgIpc) is 3.20. The lowest BCUT2D eigenvalue weighted by Gasteiger charge is -2.00. The second kappa shape index (κ2) is 6.27. The second-order valence-electron chi connectivity index (χ2n) is 5.51. The molecule has 0 unspecified atom stereocenters. The minimum absolute atomic E-state index is 0.257. The zero-order valence-corrected chi connectivity index (χ0v) is 14.9. The second-order valence-corrected chi connectivity index (χ2v) is 7.37. The summed E-state index contributed by atoms with van der Waals surface area (Å²) in [4.78, 5) is 22.7. The van der Waals surface area contributed by atoms with Gasteiger partial charge in [0.2, 0.25) is 0 Å². The van der Waals surface area contributed by atoms with Crippen molar-refractivity contribution < 1.29 is 4.79 Å². The van der Waals surface area contributed by atoms with Crippen LogP contribution in [0.5, 0.6) is 0 Å². The van der Waals surface area contributed by atoms with Crippen molar-refractivity contribution in [3.63, 3.8) is 0 Å². The molecule has 5 nitrogen and oxygen atoms in total. The van der Waals surface area contributed by atoms with Crippen molar-refractivity contribution in [2.45, 2.75) is 6.92 Å². The minimum Gasteiger partial charge on any atom is -0.397 e. The van der Waals surface area contributed by atoms with E-state index in [1.165, 1.54) is 22.7 Å². The molecule has 0 aliphatic carbocycles. The number of anilines is 2. The van der Waals surface area contributed by atoms with Crippen molar-refractivity contribution in [2.75, 3.05) is 11.1 Å². The highest BCUT2D eigenvalue weighted by Crippen LogP contribution is 2.33. The van der Waals surface area contributed by atoms with E-state index >= 15 is 0 Å². The van der Waals surface area contributed by atoms with Gasteiger partial charge >= 0.3 is 0 Å². The number of pyridine rings is 1. The van der Waals surface area contributed by atoms with Crippen LogP contribution in [0.2, 0.25) is 0 Å². The Morgan fingerprint density at radius 1 is 1.12 bits per heavy atom. The Morgan fingerprint density at radius 3 is 2.72 bits per heavy atom. The number of aryl methyl sites for hydroxylation is 1. The van der Waals surface area contributed by atoms with Gasteiger partial charge in [0.25, 0.3) is 5.91 Å². The molecule has 1 aromatic carbocycles.